The van der Waals surface area contributed by atoms with Gasteiger partial charge in [0.15, 0.2) is 0 Å². The zero-order chi connectivity index (χ0) is 15.7. The molecule has 0 aromatic heterocycles. The lowest BCUT2D eigenvalue weighted by Crippen LogP contribution is -2.57. The van der Waals surface area contributed by atoms with Gasteiger partial charge >= 0.3 is 6.03 Å². The largest absolute Gasteiger partial charge is 0.328 e. The van der Waals surface area contributed by atoms with Gasteiger partial charge in [-0.2, -0.15) is 0 Å². The highest BCUT2D eigenvalue weighted by Gasteiger charge is 2.39. The molecule has 112 valence electrons. The van der Waals surface area contributed by atoms with Gasteiger partial charge in [-0.15, -0.1) is 0 Å². The fraction of sp³-hybridized carbons (Fsp3) is 0.222. The van der Waals surface area contributed by atoms with E-state index in [9.17, 15) is 9.59 Å². The Kier molecular flexibility index (Phi) is 3.45. The van der Waals surface area contributed by atoms with E-state index in [1.165, 1.54) is 7.05 Å². The number of benzene rings is 2. The quantitative estimate of drug-likeness (QED) is 0.925. The van der Waals surface area contributed by atoms with Crippen LogP contribution in [0.15, 0.2) is 54.6 Å². The van der Waals surface area contributed by atoms with E-state index in [1.807, 2.05) is 61.5 Å². The van der Waals surface area contributed by atoms with E-state index < -0.39 is 5.54 Å². The Bertz CT molecular complexity index is 707. The summed E-state index contributed by atoms with van der Waals surface area (Å²) in [5.41, 5.74) is 2.44. The van der Waals surface area contributed by atoms with Crippen molar-refractivity contribution in [2.45, 2.75) is 18.9 Å². The van der Waals surface area contributed by atoms with Gasteiger partial charge in [0.25, 0.3) is 0 Å². The van der Waals surface area contributed by atoms with Gasteiger partial charge in [0.2, 0.25) is 5.91 Å². The SMILES string of the molecule is CN1C(=O)C[C@@](C)(c2cccc(-c3ccccc3)c2)NC1=O. The molecule has 0 unspecified atom stereocenters. The third-order valence-electron chi connectivity index (χ3n) is 4.17. The predicted molar refractivity (Wildman–Crippen MR) is 85.1 cm³/mol. The molecule has 0 saturated carbocycles. The lowest BCUT2D eigenvalue weighted by molar-refractivity contribution is -0.130. The van der Waals surface area contributed by atoms with E-state index >= 15 is 0 Å². The smallest absolute Gasteiger partial charge is 0.324 e. The van der Waals surface area contributed by atoms with Crippen molar-refractivity contribution in [2.24, 2.45) is 0 Å². The third-order valence-corrected chi connectivity index (χ3v) is 4.17. The lowest BCUT2D eigenvalue weighted by Gasteiger charge is -2.38. The molecule has 4 nitrogen and oxygen atoms in total. The number of carbonyl (C=O) groups excluding carboxylic acids is 2. The van der Waals surface area contributed by atoms with E-state index in [1.54, 1.807) is 0 Å². The van der Waals surface area contributed by atoms with Gasteiger partial charge in [-0.3, -0.25) is 9.69 Å². The topological polar surface area (TPSA) is 49.4 Å². The summed E-state index contributed by atoms with van der Waals surface area (Å²) in [5, 5.41) is 2.93. The summed E-state index contributed by atoms with van der Waals surface area (Å²) < 4.78 is 0. The molecule has 4 heteroatoms. The number of rotatable bonds is 2. The molecule has 22 heavy (non-hydrogen) atoms. The molecule has 1 heterocycles. The highest BCUT2D eigenvalue weighted by atomic mass is 16.2. The van der Waals surface area contributed by atoms with Crippen LogP contribution in [0.5, 0.6) is 0 Å². The molecule has 0 bridgehead atoms. The summed E-state index contributed by atoms with van der Waals surface area (Å²) >= 11 is 0. The second-order valence-corrected chi connectivity index (χ2v) is 5.84. The van der Waals surface area contributed by atoms with Crippen molar-refractivity contribution in [3.63, 3.8) is 0 Å². The number of imide groups is 1. The first kappa shape index (κ1) is 14.3. The van der Waals surface area contributed by atoms with Crippen LogP contribution in [-0.4, -0.2) is 23.9 Å². The molecular weight excluding hydrogens is 276 g/mol. The van der Waals surface area contributed by atoms with Crippen LogP contribution in [0.25, 0.3) is 11.1 Å². The average molecular weight is 294 g/mol. The molecule has 2 aromatic carbocycles. The number of nitrogens with zero attached hydrogens (tertiary/aromatic N) is 1. The lowest BCUT2D eigenvalue weighted by atomic mass is 9.85. The first-order chi connectivity index (χ1) is 10.5. The van der Waals surface area contributed by atoms with Gasteiger partial charge in [-0.1, -0.05) is 48.5 Å². The van der Waals surface area contributed by atoms with Crippen LogP contribution in [0, 0.1) is 0 Å². The number of hydrogen-bond acceptors (Lipinski definition) is 2. The minimum atomic E-state index is -0.675. The molecule has 1 N–H and O–H groups in total. The average Bonchev–Trinajstić information content (AvgIpc) is 2.53. The van der Waals surface area contributed by atoms with Crippen molar-refractivity contribution in [2.75, 3.05) is 7.05 Å². The Labute approximate surface area is 129 Å². The van der Waals surface area contributed by atoms with Gasteiger partial charge in [0.05, 0.1) is 12.0 Å². The fourth-order valence-electron chi connectivity index (χ4n) is 2.75. The normalized spacial score (nSPS) is 21.6. The molecule has 3 amide bonds. The maximum atomic E-state index is 12.0. The van der Waals surface area contributed by atoms with Crippen LogP contribution in [0.2, 0.25) is 0 Å². The van der Waals surface area contributed by atoms with Crippen LogP contribution in [0.4, 0.5) is 4.79 Å². The van der Waals surface area contributed by atoms with Gasteiger partial charge < -0.3 is 5.32 Å². The minimum absolute atomic E-state index is 0.170. The van der Waals surface area contributed by atoms with Gasteiger partial charge in [-0.05, 0) is 29.7 Å². The molecule has 0 aliphatic carbocycles. The molecule has 1 aliphatic rings. The Morgan fingerprint density at radius 3 is 2.36 bits per heavy atom. The molecule has 1 atom stereocenters. The number of hydrogen-bond donors (Lipinski definition) is 1. The maximum Gasteiger partial charge on any atom is 0.324 e. The van der Waals surface area contributed by atoms with Crippen LogP contribution in [0.3, 0.4) is 0 Å². The summed E-state index contributed by atoms with van der Waals surface area (Å²) in [5.74, 6) is -0.170. The second-order valence-electron chi connectivity index (χ2n) is 5.84. The highest BCUT2D eigenvalue weighted by molar-refractivity contribution is 5.97. The molecule has 0 radical (unpaired) electrons. The number of amides is 3. The van der Waals surface area contributed by atoms with Crippen molar-refractivity contribution in [3.05, 3.63) is 60.2 Å². The van der Waals surface area contributed by atoms with Gasteiger partial charge in [0.1, 0.15) is 0 Å². The molecule has 0 spiro atoms. The molecule has 1 aliphatic heterocycles. The predicted octanol–water partition coefficient (Wildman–Crippen LogP) is 3.14. The van der Waals surface area contributed by atoms with E-state index in [-0.39, 0.29) is 18.4 Å². The van der Waals surface area contributed by atoms with Crippen molar-refractivity contribution >= 4 is 11.9 Å². The van der Waals surface area contributed by atoms with E-state index in [0.29, 0.717) is 0 Å². The van der Waals surface area contributed by atoms with Crippen molar-refractivity contribution < 1.29 is 9.59 Å². The third kappa shape index (κ3) is 2.48. The number of nitrogens with one attached hydrogen (secondary N) is 1. The van der Waals surface area contributed by atoms with E-state index in [0.717, 1.165) is 21.6 Å². The molecule has 1 fully saturated rings. The summed E-state index contributed by atoms with van der Waals surface area (Å²) in [6.07, 6.45) is 0.257. The van der Waals surface area contributed by atoms with Crippen LogP contribution >= 0.6 is 0 Å². The first-order valence-corrected chi connectivity index (χ1v) is 7.24. The van der Waals surface area contributed by atoms with Crippen molar-refractivity contribution in [1.29, 1.82) is 0 Å². The minimum Gasteiger partial charge on any atom is -0.328 e. The monoisotopic (exact) mass is 294 g/mol. The Hall–Kier alpha value is -2.62. The first-order valence-electron chi connectivity index (χ1n) is 7.24. The molecule has 3 rings (SSSR count). The number of urea groups is 1. The van der Waals surface area contributed by atoms with Crippen LogP contribution in [0.1, 0.15) is 18.9 Å². The van der Waals surface area contributed by atoms with E-state index in [2.05, 4.69) is 5.32 Å². The van der Waals surface area contributed by atoms with Crippen LogP contribution < -0.4 is 5.32 Å². The summed E-state index contributed by atoms with van der Waals surface area (Å²) in [4.78, 5) is 25.1. The van der Waals surface area contributed by atoms with Gasteiger partial charge in [0, 0.05) is 7.05 Å². The van der Waals surface area contributed by atoms with Crippen molar-refractivity contribution in [1.82, 2.24) is 10.2 Å². The maximum absolute atomic E-state index is 12.0. The zero-order valence-corrected chi connectivity index (χ0v) is 12.7. The van der Waals surface area contributed by atoms with Gasteiger partial charge in [-0.25, -0.2) is 4.79 Å². The summed E-state index contributed by atoms with van der Waals surface area (Å²) in [6.45, 7) is 1.89. The second kappa shape index (κ2) is 5.30. The summed E-state index contributed by atoms with van der Waals surface area (Å²) in [7, 11) is 1.50. The molecular formula is C18H18N2O2. The van der Waals surface area contributed by atoms with Crippen LogP contribution in [-0.2, 0) is 10.3 Å². The summed E-state index contributed by atoms with van der Waals surface area (Å²) in [6, 6.07) is 17.7. The fourth-order valence-corrected chi connectivity index (χ4v) is 2.75. The Balaban J connectivity index is 1.99. The van der Waals surface area contributed by atoms with Crippen molar-refractivity contribution in [3.8, 4) is 11.1 Å². The zero-order valence-electron chi connectivity index (χ0n) is 12.7. The molecule has 2 aromatic rings. The standard InChI is InChI=1S/C18H18N2O2/c1-18(12-16(21)20(2)17(22)19-18)15-10-6-9-14(11-15)13-7-4-3-5-8-13/h3-11H,12H2,1-2H3,(H,19,22)/t18-/m0/s1. The van der Waals surface area contributed by atoms with E-state index in [4.69, 9.17) is 0 Å². The Morgan fingerprint density at radius 1 is 1.00 bits per heavy atom. The molecule has 1 saturated heterocycles. The Morgan fingerprint density at radius 2 is 1.68 bits per heavy atom. The highest BCUT2D eigenvalue weighted by Crippen LogP contribution is 2.31. The number of carbonyl (C=O) groups is 2.